The van der Waals surface area contributed by atoms with Crippen LogP contribution in [0.2, 0.25) is 0 Å². The van der Waals surface area contributed by atoms with Crippen LogP contribution < -0.4 is 0 Å². The van der Waals surface area contributed by atoms with Crippen LogP contribution in [0, 0.1) is 0 Å². The van der Waals surface area contributed by atoms with Gasteiger partial charge in [0.1, 0.15) is 0 Å². The van der Waals surface area contributed by atoms with Gasteiger partial charge in [-0.25, -0.2) is 0 Å². The van der Waals surface area contributed by atoms with Crippen LogP contribution in [0.3, 0.4) is 0 Å². The lowest BCUT2D eigenvalue weighted by molar-refractivity contribution is -0.143. The van der Waals surface area contributed by atoms with E-state index in [-0.39, 0.29) is 19.0 Å². The Morgan fingerprint density at radius 1 is 1.46 bits per heavy atom. The third-order valence-electron chi connectivity index (χ3n) is 1.45. The Morgan fingerprint density at radius 2 is 2.08 bits per heavy atom. The van der Waals surface area contributed by atoms with Gasteiger partial charge in [0.25, 0.3) is 0 Å². The zero-order valence-corrected chi connectivity index (χ0v) is 8.12. The van der Waals surface area contributed by atoms with E-state index in [1.807, 2.05) is 0 Å². The number of aliphatic hydroxyl groups excluding tert-OH is 1. The first-order valence-electron chi connectivity index (χ1n) is 4.65. The van der Waals surface area contributed by atoms with Gasteiger partial charge in [-0.1, -0.05) is 0 Å². The maximum absolute atomic E-state index is 10.3. The fourth-order valence-electron chi connectivity index (χ4n) is 0.835. The SMILES string of the molecule is C1CCOC1.CCOC(=O)CCO. The maximum atomic E-state index is 10.3. The van der Waals surface area contributed by atoms with Crippen LogP contribution in [0.25, 0.3) is 0 Å². The van der Waals surface area contributed by atoms with Crippen LogP contribution in [-0.4, -0.2) is 37.5 Å². The van der Waals surface area contributed by atoms with Crippen LogP contribution in [0.15, 0.2) is 0 Å². The summed E-state index contributed by atoms with van der Waals surface area (Å²) >= 11 is 0. The average Bonchev–Trinajstić information content (AvgIpc) is 2.61. The standard InChI is InChI=1S/C5H10O3.C4H8O/c1-2-8-5(7)3-4-6;1-2-4-5-3-1/h6H,2-4H2,1H3;1-4H2. The molecule has 1 aliphatic heterocycles. The number of carbonyl (C=O) groups excluding carboxylic acids is 1. The molecule has 0 amide bonds. The largest absolute Gasteiger partial charge is 0.466 e. The predicted octanol–water partition coefficient (Wildman–Crippen LogP) is 0.729. The molecule has 1 fully saturated rings. The fourth-order valence-corrected chi connectivity index (χ4v) is 0.835. The van der Waals surface area contributed by atoms with E-state index in [2.05, 4.69) is 4.74 Å². The monoisotopic (exact) mass is 190 g/mol. The third kappa shape index (κ3) is 9.30. The van der Waals surface area contributed by atoms with Gasteiger partial charge in [-0.2, -0.15) is 0 Å². The van der Waals surface area contributed by atoms with E-state index < -0.39 is 0 Å². The second-order valence-electron chi connectivity index (χ2n) is 2.60. The highest BCUT2D eigenvalue weighted by Gasteiger charge is 1.96. The Balaban J connectivity index is 0.000000243. The number of hydrogen-bond donors (Lipinski definition) is 1. The molecule has 0 saturated carbocycles. The normalized spacial score (nSPS) is 14.6. The molecule has 1 heterocycles. The van der Waals surface area contributed by atoms with Gasteiger partial charge >= 0.3 is 5.97 Å². The highest BCUT2D eigenvalue weighted by atomic mass is 16.5. The Morgan fingerprint density at radius 3 is 2.38 bits per heavy atom. The highest BCUT2D eigenvalue weighted by Crippen LogP contribution is 1.98. The van der Waals surface area contributed by atoms with Crippen LogP contribution in [0.5, 0.6) is 0 Å². The van der Waals surface area contributed by atoms with E-state index in [1.165, 1.54) is 12.8 Å². The van der Waals surface area contributed by atoms with Crippen molar-refractivity contribution in [3.05, 3.63) is 0 Å². The topological polar surface area (TPSA) is 55.8 Å². The zero-order valence-electron chi connectivity index (χ0n) is 8.12. The molecule has 4 nitrogen and oxygen atoms in total. The van der Waals surface area contributed by atoms with Crippen molar-refractivity contribution in [3.8, 4) is 0 Å². The minimum Gasteiger partial charge on any atom is -0.466 e. The number of aliphatic hydroxyl groups is 1. The minimum absolute atomic E-state index is 0.105. The number of rotatable bonds is 3. The fraction of sp³-hybridized carbons (Fsp3) is 0.889. The average molecular weight is 190 g/mol. The molecule has 0 aromatic carbocycles. The first-order valence-corrected chi connectivity index (χ1v) is 4.65. The summed E-state index contributed by atoms with van der Waals surface area (Å²) in [4.78, 5) is 10.3. The number of ether oxygens (including phenoxy) is 2. The summed E-state index contributed by atoms with van der Waals surface area (Å²) in [6.45, 7) is 3.99. The second kappa shape index (κ2) is 9.48. The van der Waals surface area contributed by atoms with Gasteiger partial charge in [0.05, 0.1) is 19.6 Å². The van der Waals surface area contributed by atoms with E-state index in [0.717, 1.165) is 13.2 Å². The molecule has 4 heteroatoms. The molecule has 0 unspecified atom stereocenters. The summed E-state index contributed by atoms with van der Waals surface area (Å²) < 4.78 is 9.43. The van der Waals surface area contributed by atoms with Crippen molar-refractivity contribution in [1.29, 1.82) is 0 Å². The van der Waals surface area contributed by atoms with E-state index in [0.29, 0.717) is 6.61 Å². The lowest BCUT2D eigenvalue weighted by Crippen LogP contribution is -2.05. The molecular weight excluding hydrogens is 172 g/mol. The number of carbonyl (C=O) groups is 1. The van der Waals surface area contributed by atoms with Crippen molar-refractivity contribution in [2.45, 2.75) is 26.2 Å². The molecule has 1 saturated heterocycles. The van der Waals surface area contributed by atoms with E-state index in [9.17, 15) is 4.79 Å². The van der Waals surface area contributed by atoms with Crippen molar-refractivity contribution in [2.24, 2.45) is 0 Å². The Bertz CT molecular complexity index is 105. The Kier molecular flexibility index (Phi) is 9.03. The Hall–Kier alpha value is -0.610. The molecule has 0 aromatic rings. The first-order chi connectivity index (χ1) is 6.31. The Labute approximate surface area is 78.8 Å². The summed E-state index contributed by atoms with van der Waals surface area (Å²) in [6, 6.07) is 0. The van der Waals surface area contributed by atoms with Crippen molar-refractivity contribution in [2.75, 3.05) is 26.4 Å². The summed E-state index contributed by atoms with van der Waals surface area (Å²) in [7, 11) is 0. The zero-order chi connectivity index (χ0) is 9.94. The molecule has 78 valence electrons. The molecule has 1 N–H and O–H groups in total. The van der Waals surface area contributed by atoms with E-state index >= 15 is 0 Å². The van der Waals surface area contributed by atoms with E-state index in [4.69, 9.17) is 9.84 Å². The molecule has 0 aliphatic carbocycles. The molecule has 13 heavy (non-hydrogen) atoms. The van der Waals surface area contributed by atoms with Gasteiger partial charge < -0.3 is 14.6 Å². The summed E-state index contributed by atoms with van der Waals surface area (Å²) in [5.41, 5.74) is 0. The maximum Gasteiger partial charge on any atom is 0.308 e. The van der Waals surface area contributed by atoms with Gasteiger partial charge in [0.15, 0.2) is 0 Å². The molecule has 0 radical (unpaired) electrons. The summed E-state index contributed by atoms with van der Waals surface area (Å²) in [5, 5.41) is 8.16. The first kappa shape index (κ1) is 12.4. The van der Waals surface area contributed by atoms with Gasteiger partial charge in [-0.05, 0) is 19.8 Å². The van der Waals surface area contributed by atoms with Gasteiger partial charge in [0, 0.05) is 13.2 Å². The van der Waals surface area contributed by atoms with Crippen molar-refractivity contribution in [1.82, 2.24) is 0 Å². The summed E-state index contributed by atoms with van der Waals surface area (Å²) in [5.74, 6) is -0.338. The molecule has 0 spiro atoms. The molecule has 0 bridgehead atoms. The number of esters is 1. The molecular formula is C9H18O4. The molecule has 0 aromatic heterocycles. The van der Waals surface area contributed by atoms with Crippen LogP contribution in [0.1, 0.15) is 26.2 Å². The third-order valence-corrected chi connectivity index (χ3v) is 1.45. The van der Waals surface area contributed by atoms with E-state index in [1.54, 1.807) is 6.92 Å². The second-order valence-corrected chi connectivity index (χ2v) is 2.60. The molecule has 0 atom stereocenters. The van der Waals surface area contributed by atoms with Crippen LogP contribution >= 0.6 is 0 Å². The predicted molar refractivity (Wildman–Crippen MR) is 48.4 cm³/mol. The quantitative estimate of drug-likeness (QED) is 0.666. The highest BCUT2D eigenvalue weighted by molar-refractivity contribution is 5.69. The number of hydrogen-bond acceptors (Lipinski definition) is 4. The van der Waals surface area contributed by atoms with Crippen molar-refractivity contribution in [3.63, 3.8) is 0 Å². The molecule has 1 rings (SSSR count). The summed E-state index contributed by atoms with van der Waals surface area (Å²) in [6.07, 6.45) is 2.66. The lowest BCUT2D eigenvalue weighted by atomic mass is 10.4. The minimum atomic E-state index is -0.338. The van der Waals surface area contributed by atoms with Gasteiger partial charge in [-0.15, -0.1) is 0 Å². The molecule has 1 aliphatic rings. The van der Waals surface area contributed by atoms with Crippen LogP contribution in [0.4, 0.5) is 0 Å². The van der Waals surface area contributed by atoms with Crippen LogP contribution in [-0.2, 0) is 14.3 Å². The van der Waals surface area contributed by atoms with Crippen molar-refractivity contribution < 1.29 is 19.4 Å². The lowest BCUT2D eigenvalue weighted by Gasteiger charge is -1.96. The van der Waals surface area contributed by atoms with Crippen molar-refractivity contribution >= 4 is 5.97 Å². The smallest absolute Gasteiger partial charge is 0.308 e. The van der Waals surface area contributed by atoms with Gasteiger partial charge in [0.2, 0.25) is 0 Å². The van der Waals surface area contributed by atoms with Gasteiger partial charge in [-0.3, -0.25) is 4.79 Å².